The third-order valence-electron chi connectivity index (χ3n) is 9.43. The van der Waals surface area contributed by atoms with E-state index in [-0.39, 0.29) is 16.6 Å². The number of aromatic nitrogens is 1. The fourth-order valence-electron chi connectivity index (χ4n) is 6.76. The quantitative estimate of drug-likeness (QED) is 0.111. The number of carbonyl (C=O) groups is 1. The van der Waals surface area contributed by atoms with Crippen LogP contribution in [0.3, 0.4) is 0 Å². The lowest BCUT2D eigenvalue weighted by molar-refractivity contribution is -0.0950. The van der Waals surface area contributed by atoms with E-state index in [1.807, 2.05) is 24.3 Å². The molecule has 0 bridgehead atoms. The van der Waals surface area contributed by atoms with Crippen LogP contribution in [0, 0.1) is 5.82 Å². The zero-order valence-electron chi connectivity index (χ0n) is 28.9. The van der Waals surface area contributed by atoms with E-state index in [4.69, 9.17) is 18.9 Å². The Hall–Kier alpha value is -4.30. The van der Waals surface area contributed by atoms with Gasteiger partial charge in [0.05, 0.1) is 29.7 Å². The molecule has 0 atom stereocenters. The average molecular weight is 707 g/mol. The van der Waals surface area contributed by atoms with Gasteiger partial charge in [0.25, 0.3) is 15.9 Å². The summed E-state index contributed by atoms with van der Waals surface area (Å²) in [5.41, 5.74) is 3.28. The highest BCUT2D eigenvalue weighted by atomic mass is 32.2. The van der Waals surface area contributed by atoms with Gasteiger partial charge >= 0.3 is 0 Å². The van der Waals surface area contributed by atoms with Crippen LogP contribution in [-0.4, -0.2) is 96.3 Å². The summed E-state index contributed by atoms with van der Waals surface area (Å²) in [7, 11) is 2.73. The summed E-state index contributed by atoms with van der Waals surface area (Å²) in [5, 5.41) is 0.929. The lowest BCUT2D eigenvalue weighted by atomic mass is 9.86. The molecule has 13 heteroatoms. The van der Waals surface area contributed by atoms with Crippen molar-refractivity contribution in [2.45, 2.75) is 42.7 Å². The second kappa shape index (κ2) is 14.9. The van der Waals surface area contributed by atoms with Gasteiger partial charge in [-0.05, 0) is 72.1 Å². The zero-order valence-corrected chi connectivity index (χ0v) is 29.7. The summed E-state index contributed by atoms with van der Waals surface area (Å²) in [5.74, 6) is 0.563. The molecule has 11 nitrogen and oxygen atoms in total. The molecule has 1 saturated heterocycles. The summed E-state index contributed by atoms with van der Waals surface area (Å²) < 4.78 is 68.2. The minimum atomic E-state index is -3.90. The molecule has 0 unspecified atom stereocenters. The molecule has 0 spiro atoms. The number of hydrogen-bond acceptors (Lipinski definition) is 8. The highest BCUT2D eigenvalue weighted by molar-refractivity contribution is 7.90. The van der Waals surface area contributed by atoms with Gasteiger partial charge in [-0.15, -0.1) is 4.40 Å². The molecule has 3 aromatic carbocycles. The molecule has 6 rings (SSSR count). The number of hydrogen-bond donors (Lipinski definition) is 0. The van der Waals surface area contributed by atoms with Gasteiger partial charge < -0.3 is 23.8 Å². The van der Waals surface area contributed by atoms with Crippen molar-refractivity contribution in [3.63, 3.8) is 0 Å². The average Bonchev–Trinajstić information content (AvgIpc) is 3.45. The number of sulfonamides is 1. The molecule has 0 radical (unpaired) electrons. The first-order valence-electron chi connectivity index (χ1n) is 16.6. The molecule has 0 N–H and O–H groups in total. The molecule has 4 aromatic rings. The summed E-state index contributed by atoms with van der Waals surface area (Å²) in [6.07, 6.45) is 3.89. The highest BCUT2D eigenvalue weighted by Gasteiger charge is 2.35. The largest absolute Gasteiger partial charge is 0.497 e. The Kier molecular flexibility index (Phi) is 10.6. The van der Waals surface area contributed by atoms with Gasteiger partial charge in [-0.25, -0.2) is 4.39 Å². The molecule has 1 aromatic heterocycles. The molecular formula is C37H43FN4O7S. The summed E-state index contributed by atoms with van der Waals surface area (Å²) >= 11 is 0. The Balaban J connectivity index is 1.16. The summed E-state index contributed by atoms with van der Waals surface area (Å²) in [4.78, 5) is 17.9. The van der Waals surface area contributed by atoms with E-state index >= 15 is 0 Å². The van der Waals surface area contributed by atoms with Crippen molar-refractivity contribution in [1.82, 2.24) is 14.4 Å². The molecule has 0 amide bonds. The van der Waals surface area contributed by atoms with E-state index in [9.17, 15) is 17.6 Å². The normalized spacial score (nSPS) is 16.4. The van der Waals surface area contributed by atoms with Crippen LogP contribution < -0.4 is 9.47 Å². The molecule has 0 aliphatic carbocycles. The number of carbonyl (C=O) groups excluding carboxylic acids is 1. The van der Waals surface area contributed by atoms with Crippen molar-refractivity contribution >= 4 is 33.2 Å². The Labute approximate surface area is 292 Å². The maximum absolute atomic E-state index is 14.7. The fourth-order valence-corrected chi connectivity index (χ4v) is 7.67. The van der Waals surface area contributed by atoms with E-state index in [1.165, 1.54) is 47.6 Å². The number of halogens is 1. The minimum absolute atomic E-state index is 0.00644. The zero-order chi connectivity index (χ0) is 35.5. The van der Waals surface area contributed by atoms with Crippen LogP contribution in [-0.2, 0) is 38.1 Å². The maximum atomic E-state index is 14.7. The Morgan fingerprint density at radius 2 is 1.80 bits per heavy atom. The first-order valence-corrected chi connectivity index (χ1v) is 18.1. The van der Waals surface area contributed by atoms with Crippen LogP contribution in [0.4, 0.5) is 4.39 Å². The van der Waals surface area contributed by atoms with Gasteiger partial charge in [0.15, 0.2) is 0 Å². The molecule has 3 heterocycles. The number of benzene rings is 3. The van der Waals surface area contributed by atoms with Crippen molar-refractivity contribution in [2.75, 3.05) is 61.2 Å². The van der Waals surface area contributed by atoms with Gasteiger partial charge in [0.2, 0.25) is 0 Å². The molecule has 2 aliphatic rings. The van der Waals surface area contributed by atoms with Crippen molar-refractivity contribution in [1.29, 1.82) is 0 Å². The van der Waals surface area contributed by atoms with Crippen LogP contribution in [0.2, 0.25) is 0 Å². The first kappa shape index (κ1) is 35.5. The lowest BCUT2D eigenvalue weighted by Crippen LogP contribution is -2.35. The van der Waals surface area contributed by atoms with Gasteiger partial charge in [0.1, 0.15) is 23.7 Å². The fraction of sp³-hybridized carbons (Fsp3) is 0.405. The number of rotatable bonds is 12. The predicted octanol–water partition coefficient (Wildman–Crippen LogP) is 5.24. The minimum Gasteiger partial charge on any atom is -0.497 e. The van der Waals surface area contributed by atoms with Crippen molar-refractivity contribution in [2.24, 2.45) is 4.40 Å². The first-order chi connectivity index (χ1) is 24.0. The Morgan fingerprint density at radius 3 is 2.50 bits per heavy atom. The maximum Gasteiger partial charge on any atom is 0.283 e. The third kappa shape index (κ3) is 7.41. The second-order valence-electron chi connectivity index (χ2n) is 12.8. The molecule has 0 saturated carbocycles. The number of nitrogens with zero attached hydrogens (tertiary/aromatic N) is 4. The van der Waals surface area contributed by atoms with E-state index in [1.54, 1.807) is 32.9 Å². The van der Waals surface area contributed by atoms with E-state index in [0.717, 1.165) is 47.2 Å². The van der Waals surface area contributed by atoms with Crippen molar-refractivity contribution < 1.29 is 36.6 Å². The van der Waals surface area contributed by atoms with Crippen molar-refractivity contribution in [3.05, 3.63) is 88.9 Å². The topological polar surface area (TPSA) is 112 Å². The molecule has 1 fully saturated rings. The van der Waals surface area contributed by atoms with Gasteiger partial charge in [-0.3, -0.25) is 14.3 Å². The van der Waals surface area contributed by atoms with Crippen LogP contribution in [0.1, 0.15) is 46.4 Å². The third-order valence-corrected chi connectivity index (χ3v) is 10.7. The number of methoxy groups -OCH3 is 2. The van der Waals surface area contributed by atoms with Crippen LogP contribution in [0.25, 0.3) is 10.9 Å². The van der Waals surface area contributed by atoms with E-state index in [2.05, 4.69) is 9.30 Å². The lowest BCUT2D eigenvalue weighted by Gasteiger charge is -2.36. The predicted molar refractivity (Wildman–Crippen MR) is 188 cm³/mol. The smallest absolute Gasteiger partial charge is 0.283 e. The molecule has 266 valence electrons. The van der Waals surface area contributed by atoms with Gasteiger partial charge in [0, 0.05) is 96.0 Å². The Bertz CT molecular complexity index is 1990. The monoisotopic (exact) mass is 706 g/mol. The van der Waals surface area contributed by atoms with Gasteiger partial charge in [-0.2, -0.15) is 8.42 Å². The van der Waals surface area contributed by atoms with Gasteiger partial charge in [-0.1, -0.05) is 0 Å². The van der Waals surface area contributed by atoms with E-state index < -0.39 is 15.6 Å². The number of ether oxygens (including phenoxy) is 4. The molecular weight excluding hydrogens is 663 g/mol. The van der Waals surface area contributed by atoms with Crippen LogP contribution in [0.5, 0.6) is 11.5 Å². The van der Waals surface area contributed by atoms with Crippen LogP contribution >= 0.6 is 0 Å². The highest BCUT2D eigenvalue weighted by Crippen LogP contribution is 2.38. The summed E-state index contributed by atoms with van der Waals surface area (Å²) in [6, 6.07) is 16.3. The van der Waals surface area contributed by atoms with Crippen LogP contribution in [0.15, 0.2) is 70.0 Å². The second-order valence-corrected chi connectivity index (χ2v) is 14.5. The molecule has 50 heavy (non-hydrogen) atoms. The molecule has 2 aliphatic heterocycles. The number of fused-ring (bicyclic) bond motifs is 3. The Morgan fingerprint density at radius 1 is 1.04 bits per heavy atom. The van der Waals surface area contributed by atoms with E-state index in [0.29, 0.717) is 62.7 Å². The standard InChI is InChI=1S/C37H43FN4O7S/c1-40(2)25-39-50(44,45)31-9-6-26(7-10-31)36(43)42-34-11-8-29(46-3)23-32(34)33-24-41(16-12-35(33)42)15-5-17-49-30-21-27(20-28(38)22-30)37(47-4)13-18-48-19-14-37/h6-11,20-23,25H,5,12-19,24H2,1-4H3/b39-25+. The van der Waals surface area contributed by atoms with Crippen molar-refractivity contribution in [3.8, 4) is 11.5 Å². The summed E-state index contributed by atoms with van der Waals surface area (Å²) in [6.45, 7) is 3.64. The SMILES string of the molecule is COc1ccc2c(c1)c1c(n2C(=O)c2ccc(S(=O)(=O)/N=C/N(C)C)cc2)CCN(CCCOc2cc(F)cc(C3(OC)CCOCC3)c2)C1.